The lowest BCUT2D eigenvalue weighted by molar-refractivity contribution is 0.518. The third-order valence-electron chi connectivity index (χ3n) is 1.79. The highest BCUT2D eigenvalue weighted by atomic mass is 79.9. The standard InChI is InChI=1S/C10H14BrNO/c1-7(2)4-12-5-8(3)10(13)9(11)6-12/h5-7H,4H2,1-3H3. The molecule has 13 heavy (non-hydrogen) atoms. The van der Waals surface area contributed by atoms with Gasteiger partial charge in [-0.2, -0.15) is 0 Å². The van der Waals surface area contributed by atoms with Crippen molar-refractivity contribution in [1.82, 2.24) is 4.57 Å². The highest BCUT2D eigenvalue weighted by Crippen LogP contribution is 2.06. The summed E-state index contributed by atoms with van der Waals surface area (Å²) >= 11 is 3.25. The van der Waals surface area contributed by atoms with Crippen LogP contribution in [-0.4, -0.2) is 4.57 Å². The van der Waals surface area contributed by atoms with Gasteiger partial charge >= 0.3 is 0 Å². The Kier molecular flexibility index (Phi) is 3.31. The molecule has 0 amide bonds. The van der Waals surface area contributed by atoms with Crippen LogP contribution in [0.5, 0.6) is 0 Å². The molecule has 0 saturated heterocycles. The first kappa shape index (κ1) is 10.5. The van der Waals surface area contributed by atoms with Crippen LogP contribution in [-0.2, 0) is 6.54 Å². The number of nitrogens with zero attached hydrogens (tertiary/aromatic N) is 1. The Balaban J connectivity index is 3.06. The molecule has 72 valence electrons. The van der Waals surface area contributed by atoms with Gasteiger partial charge in [0, 0.05) is 24.5 Å². The van der Waals surface area contributed by atoms with Crippen molar-refractivity contribution in [3.8, 4) is 0 Å². The van der Waals surface area contributed by atoms with Crippen LogP contribution in [0, 0.1) is 12.8 Å². The zero-order valence-corrected chi connectivity index (χ0v) is 9.76. The second kappa shape index (κ2) is 4.09. The molecule has 0 unspecified atom stereocenters. The molecule has 0 fully saturated rings. The van der Waals surface area contributed by atoms with E-state index in [2.05, 4.69) is 29.8 Å². The van der Waals surface area contributed by atoms with Crippen molar-refractivity contribution in [2.24, 2.45) is 5.92 Å². The summed E-state index contributed by atoms with van der Waals surface area (Å²) in [6.07, 6.45) is 3.74. The van der Waals surface area contributed by atoms with E-state index in [1.807, 2.05) is 23.9 Å². The number of halogens is 1. The van der Waals surface area contributed by atoms with Crippen molar-refractivity contribution in [1.29, 1.82) is 0 Å². The van der Waals surface area contributed by atoms with E-state index in [9.17, 15) is 4.79 Å². The third-order valence-corrected chi connectivity index (χ3v) is 2.35. The van der Waals surface area contributed by atoms with Gasteiger partial charge in [0.25, 0.3) is 0 Å². The minimum Gasteiger partial charge on any atom is -0.352 e. The fourth-order valence-corrected chi connectivity index (χ4v) is 1.84. The van der Waals surface area contributed by atoms with Gasteiger partial charge in [-0.05, 0) is 28.8 Å². The van der Waals surface area contributed by atoms with Crippen molar-refractivity contribution < 1.29 is 0 Å². The fourth-order valence-electron chi connectivity index (χ4n) is 1.26. The molecule has 3 heteroatoms. The van der Waals surface area contributed by atoms with Gasteiger partial charge in [-0.25, -0.2) is 0 Å². The number of aryl methyl sites for hydroxylation is 1. The van der Waals surface area contributed by atoms with E-state index < -0.39 is 0 Å². The van der Waals surface area contributed by atoms with Crippen LogP contribution < -0.4 is 5.43 Å². The summed E-state index contributed by atoms with van der Waals surface area (Å²) in [5.41, 5.74) is 0.870. The topological polar surface area (TPSA) is 22.0 Å². The van der Waals surface area contributed by atoms with E-state index in [0.717, 1.165) is 12.1 Å². The van der Waals surface area contributed by atoms with Gasteiger partial charge in [-0.1, -0.05) is 13.8 Å². The first-order valence-corrected chi connectivity index (χ1v) is 5.16. The first-order valence-electron chi connectivity index (χ1n) is 4.37. The first-order chi connectivity index (χ1) is 6.00. The smallest absolute Gasteiger partial charge is 0.198 e. The fraction of sp³-hybridized carbons (Fsp3) is 0.500. The molecule has 1 rings (SSSR count). The molecule has 1 heterocycles. The van der Waals surface area contributed by atoms with Gasteiger partial charge < -0.3 is 4.57 Å². The molecular weight excluding hydrogens is 230 g/mol. The van der Waals surface area contributed by atoms with Gasteiger partial charge in [0.1, 0.15) is 0 Å². The zero-order valence-electron chi connectivity index (χ0n) is 8.17. The van der Waals surface area contributed by atoms with Gasteiger partial charge in [0.15, 0.2) is 5.43 Å². The average Bonchev–Trinajstić information content (AvgIpc) is 1.98. The van der Waals surface area contributed by atoms with Crippen molar-refractivity contribution in [3.05, 3.63) is 32.7 Å². The Bertz CT molecular complexity index is 328. The van der Waals surface area contributed by atoms with Gasteiger partial charge in [-0.3, -0.25) is 4.79 Å². The van der Waals surface area contributed by atoms with Crippen LogP contribution in [0.3, 0.4) is 0 Å². The lowest BCUT2D eigenvalue weighted by Crippen LogP contribution is -2.13. The van der Waals surface area contributed by atoms with Crippen LogP contribution in [0.4, 0.5) is 0 Å². The second-order valence-corrected chi connectivity index (χ2v) is 4.56. The molecule has 0 N–H and O–H groups in total. The molecule has 0 aliphatic carbocycles. The molecule has 0 atom stereocenters. The van der Waals surface area contributed by atoms with E-state index >= 15 is 0 Å². The van der Waals surface area contributed by atoms with Crippen LogP contribution in [0.25, 0.3) is 0 Å². The van der Waals surface area contributed by atoms with E-state index in [1.54, 1.807) is 0 Å². The average molecular weight is 244 g/mol. The summed E-state index contributed by atoms with van der Waals surface area (Å²) < 4.78 is 2.69. The summed E-state index contributed by atoms with van der Waals surface area (Å²) in [5, 5.41) is 0. The van der Waals surface area contributed by atoms with E-state index in [0.29, 0.717) is 10.4 Å². The Morgan fingerprint density at radius 2 is 2.08 bits per heavy atom. The molecule has 0 aliphatic rings. The van der Waals surface area contributed by atoms with Crippen molar-refractivity contribution in [2.45, 2.75) is 27.3 Å². The Hall–Kier alpha value is -0.570. The molecule has 1 aromatic rings. The number of aromatic nitrogens is 1. The van der Waals surface area contributed by atoms with Crippen LogP contribution in [0.15, 0.2) is 21.7 Å². The predicted octanol–water partition coefficient (Wildman–Crippen LogP) is 2.58. The summed E-state index contributed by atoms with van der Waals surface area (Å²) in [6.45, 7) is 7.09. The maximum atomic E-state index is 11.3. The molecule has 0 bridgehead atoms. The summed E-state index contributed by atoms with van der Waals surface area (Å²) in [5.74, 6) is 0.591. The van der Waals surface area contributed by atoms with Gasteiger partial charge in [-0.15, -0.1) is 0 Å². The number of hydrogen-bond donors (Lipinski definition) is 0. The van der Waals surface area contributed by atoms with Crippen molar-refractivity contribution in [2.75, 3.05) is 0 Å². The normalized spacial score (nSPS) is 10.8. The summed E-state index contributed by atoms with van der Waals surface area (Å²) in [4.78, 5) is 11.3. The SMILES string of the molecule is Cc1cn(CC(C)C)cc(Br)c1=O. The summed E-state index contributed by atoms with van der Waals surface area (Å²) in [6, 6.07) is 0. The van der Waals surface area contributed by atoms with Crippen LogP contribution in [0.2, 0.25) is 0 Å². The third kappa shape index (κ3) is 2.69. The molecule has 0 aromatic carbocycles. The molecule has 0 spiro atoms. The quantitative estimate of drug-likeness (QED) is 0.783. The van der Waals surface area contributed by atoms with Crippen LogP contribution in [0.1, 0.15) is 19.4 Å². The Labute approximate surface area is 86.7 Å². The van der Waals surface area contributed by atoms with Crippen LogP contribution >= 0.6 is 15.9 Å². The Morgan fingerprint density at radius 1 is 1.46 bits per heavy atom. The second-order valence-electron chi connectivity index (χ2n) is 3.71. The molecule has 0 aliphatic heterocycles. The molecule has 0 saturated carbocycles. The summed E-state index contributed by atoms with van der Waals surface area (Å²) in [7, 11) is 0. The number of pyridine rings is 1. The Morgan fingerprint density at radius 3 is 2.54 bits per heavy atom. The number of hydrogen-bond acceptors (Lipinski definition) is 1. The molecule has 2 nitrogen and oxygen atoms in total. The maximum Gasteiger partial charge on any atom is 0.198 e. The largest absolute Gasteiger partial charge is 0.352 e. The molecule has 0 radical (unpaired) electrons. The number of rotatable bonds is 2. The van der Waals surface area contributed by atoms with Crippen molar-refractivity contribution in [3.63, 3.8) is 0 Å². The van der Waals surface area contributed by atoms with Gasteiger partial charge in [0.05, 0.1) is 4.47 Å². The minimum atomic E-state index is 0.0833. The maximum absolute atomic E-state index is 11.3. The zero-order chi connectivity index (χ0) is 10.0. The van der Waals surface area contributed by atoms with Crippen molar-refractivity contribution >= 4 is 15.9 Å². The molecular formula is C10H14BrNO. The lowest BCUT2D eigenvalue weighted by Gasteiger charge is -2.10. The van der Waals surface area contributed by atoms with E-state index in [1.165, 1.54) is 0 Å². The molecule has 1 aromatic heterocycles. The highest BCUT2D eigenvalue weighted by Gasteiger charge is 2.02. The minimum absolute atomic E-state index is 0.0833. The monoisotopic (exact) mass is 243 g/mol. The lowest BCUT2D eigenvalue weighted by atomic mass is 10.2. The highest BCUT2D eigenvalue weighted by molar-refractivity contribution is 9.10. The van der Waals surface area contributed by atoms with E-state index in [-0.39, 0.29) is 5.43 Å². The predicted molar refractivity (Wildman–Crippen MR) is 58.0 cm³/mol. The van der Waals surface area contributed by atoms with Gasteiger partial charge in [0.2, 0.25) is 0 Å². The van der Waals surface area contributed by atoms with E-state index in [4.69, 9.17) is 0 Å².